The van der Waals surface area contributed by atoms with Gasteiger partial charge in [0.25, 0.3) is 5.91 Å². The van der Waals surface area contributed by atoms with Crippen molar-refractivity contribution in [3.63, 3.8) is 0 Å². The lowest BCUT2D eigenvalue weighted by molar-refractivity contribution is -0.139. The predicted molar refractivity (Wildman–Crippen MR) is 67.4 cm³/mol. The molecule has 0 radical (unpaired) electrons. The van der Waals surface area contributed by atoms with Crippen LogP contribution >= 0.6 is 0 Å². The van der Waals surface area contributed by atoms with E-state index < -0.39 is 12.0 Å². The number of nitrogens with one attached hydrogen (secondary N) is 1. The number of aryl methyl sites for hydroxylation is 1. The van der Waals surface area contributed by atoms with Gasteiger partial charge in [-0.1, -0.05) is 30.5 Å². The number of hydrogen-bond donors (Lipinski definition) is 2. The highest BCUT2D eigenvalue weighted by Gasteiger charge is 2.30. The van der Waals surface area contributed by atoms with Crippen molar-refractivity contribution >= 4 is 11.9 Å². The molecule has 0 saturated heterocycles. The topological polar surface area (TPSA) is 66.4 Å². The molecular formula is C14H17NO3. The standard InChI is InChI=1S/C14H17NO3/c1-9-2-6-11(7-3-9)13(16)15-12(14(17)18)8-10-4-5-10/h2-3,6-7,10,12H,4-5,8H2,1H3,(H,15,16)(H,17,18). The van der Waals surface area contributed by atoms with Gasteiger partial charge in [-0.15, -0.1) is 0 Å². The number of carboxylic acid groups (broad SMARTS) is 1. The molecule has 1 saturated carbocycles. The molecule has 1 atom stereocenters. The molecule has 4 heteroatoms. The van der Waals surface area contributed by atoms with Crippen LogP contribution in [0.15, 0.2) is 24.3 Å². The molecular weight excluding hydrogens is 230 g/mol. The molecule has 1 aliphatic rings. The van der Waals surface area contributed by atoms with E-state index in [1.54, 1.807) is 12.1 Å². The largest absolute Gasteiger partial charge is 0.480 e. The molecule has 1 fully saturated rings. The maximum atomic E-state index is 11.9. The Morgan fingerprint density at radius 1 is 1.33 bits per heavy atom. The Morgan fingerprint density at radius 3 is 2.44 bits per heavy atom. The molecule has 0 heterocycles. The summed E-state index contributed by atoms with van der Waals surface area (Å²) in [6, 6.07) is 6.32. The first-order valence-corrected chi connectivity index (χ1v) is 6.16. The average molecular weight is 247 g/mol. The van der Waals surface area contributed by atoms with Gasteiger partial charge in [0.1, 0.15) is 6.04 Å². The summed E-state index contributed by atoms with van der Waals surface area (Å²) in [7, 11) is 0. The van der Waals surface area contributed by atoms with Crippen molar-refractivity contribution in [2.24, 2.45) is 5.92 Å². The third kappa shape index (κ3) is 3.32. The van der Waals surface area contributed by atoms with Gasteiger partial charge >= 0.3 is 5.97 Å². The van der Waals surface area contributed by atoms with Crippen molar-refractivity contribution < 1.29 is 14.7 Å². The molecule has 2 rings (SSSR count). The molecule has 18 heavy (non-hydrogen) atoms. The molecule has 96 valence electrons. The Labute approximate surface area is 106 Å². The van der Waals surface area contributed by atoms with Gasteiger partial charge in [-0.2, -0.15) is 0 Å². The minimum Gasteiger partial charge on any atom is -0.480 e. The second kappa shape index (κ2) is 5.21. The lowest BCUT2D eigenvalue weighted by Crippen LogP contribution is -2.41. The minimum absolute atomic E-state index is 0.317. The third-order valence-electron chi connectivity index (χ3n) is 3.18. The summed E-state index contributed by atoms with van der Waals surface area (Å²) >= 11 is 0. The Morgan fingerprint density at radius 2 is 1.94 bits per heavy atom. The third-order valence-corrected chi connectivity index (χ3v) is 3.18. The van der Waals surface area contributed by atoms with Crippen LogP contribution in [-0.4, -0.2) is 23.0 Å². The zero-order chi connectivity index (χ0) is 13.1. The van der Waals surface area contributed by atoms with Crippen molar-refractivity contribution in [1.29, 1.82) is 0 Å². The number of benzene rings is 1. The molecule has 1 aromatic rings. The normalized spacial score (nSPS) is 16.1. The monoisotopic (exact) mass is 247 g/mol. The summed E-state index contributed by atoms with van der Waals surface area (Å²) in [5, 5.41) is 11.7. The maximum absolute atomic E-state index is 11.9. The first-order chi connectivity index (χ1) is 8.56. The van der Waals surface area contributed by atoms with Gasteiger partial charge in [-0.3, -0.25) is 4.79 Å². The fourth-order valence-corrected chi connectivity index (χ4v) is 1.85. The molecule has 1 aliphatic carbocycles. The van der Waals surface area contributed by atoms with E-state index in [9.17, 15) is 9.59 Å². The van der Waals surface area contributed by atoms with Gasteiger partial charge in [0, 0.05) is 5.56 Å². The summed E-state index contributed by atoms with van der Waals surface area (Å²) < 4.78 is 0. The Balaban J connectivity index is 1.99. The van der Waals surface area contributed by atoms with E-state index in [0.717, 1.165) is 18.4 Å². The van der Waals surface area contributed by atoms with Crippen molar-refractivity contribution in [3.8, 4) is 0 Å². The Kier molecular flexibility index (Phi) is 3.65. The van der Waals surface area contributed by atoms with E-state index in [1.807, 2.05) is 19.1 Å². The van der Waals surface area contributed by atoms with Gasteiger partial charge in [-0.05, 0) is 31.4 Å². The smallest absolute Gasteiger partial charge is 0.326 e. The number of carboxylic acids is 1. The fourth-order valence-electron chi connectivity index (χ4n) is 1.85. The summed E-state index contributed by atoms with van der Waals surface area (Å²) in [6.07, 6.45) is 2.68. The van der Waals surface area contributed by atoms with Crippen LogP contribution in [-0.2, 0) is 4.79 Å². The molecule has 2 N–H and O–H groups in total. The second-order valence-corrected chi connectivity index (χ2v) is 4.91. The van der Waals surface area contributed by atoms with Gasteiger partial charge in [0.05, 0.1) is 0 Å². The molecule has 1 amide bonds. The van der Waals surface area contributed by atoms with Gasteiger partial charge in [-0.25, -0.2) is 4.79 Å². The minimum atomic E-state index is -0.956. The summed E-state index contributed by atoms with van der Waals surface area (Å²) in [5.41, 5.74) is 1.57. The molecule has 0 aliphatic heterocycles. The maximum Gasteiger partial charge on any atom is 0.326 e. The Bertz CT molecular complexity index is 449. The first kappa shape index (κ1) is 12.6. The lowest BCUT2D eigenvalue weighted by atomic mass is 10.1. The van der Waals surface area contributed by atoms with E-state index in [-0.39, 0.29) is 5.91 Å². The molecule has 1 aromatic carbocycles. The SMILES string of the molecule is Cc1ccc(C(=O)NC(CC2CC2)C(=O)O)cc1. The predicted octanol–water partition coefficient (Wildman–Crippen LogP) is 1.98. The van der Waals surface area contributed by atoms with Crippen LogP contribution in [0, 0.1) is 12.8 Å². The highest BCUT2D eigenvalue weighted by molar-refractivity contribution is 5.96. The quantitative estimate of drug-likeness (QED) is 0.836. The summed E-state index contributed by atoms with van der Waals surface area (Å²) in [5.74, 6) is -0.810. The number of amides is 1. The van der Waals surface area contributed by atoms with Gasteiger partial charge in [0.15, 0.2) is 0 Å². The second-order valence-electron chi connectivity index (χ2n) is 4.91. The van der Waals surface area contributed by atoms with Crippen LogP contribution in [0.1, 0.15) is 35.2 Å². The van der Waals surface area contributed by atoms with E-state index in [2.05, 4.69) is 5.32 Å². The first-order valence-electron chi connectivity index (χ1n) is 6.16. The van der Waals surface area contributed by atoms with Crippen LogP contribution in [0.4, 0.5) is 0 Å². The highest BCUT2D eigenvalue weighted by Crippen LogP contribution is 2.33. The number of carbonyl (C=O) groups is 2. The van der Waals surface area contributed by atoms with E-state index in [0.29, 0.717) is 17.9 Å². The van der Waals surface area contributed by atoms with Crippen molar-refractivity contribution in [1.82, 2.24) is 5.32 Å². The van der Waals surface area contributed by atoms with E-state index in [1.165, 1.54) is 0 Å². The van der Waals surface area contributed by atoms with Crippen LogP contribution < -0.4 is 5.32 Å². The fraction of sp³-hybridized carbons (Fsp3) is 0.429. The zero-order valence-electron chi connectivity index (χ0n) is 10.3. The number of rotatable bonds is 5. The van der Waals surface area contributed by atoms with E-state index >= 15 is 0 Å². The number of carbonyl (C=O) groups excluding carboxylic acids is 1. The zero-order valence-corrected chi connectivity index (χ0v) is 10.3. The van der Waals surface area contributed by atoms with Gasteiger partial charge < -0.3 is 10.4 Å². The van der Waals surface area contributed by atoms with Crippen molar-refractivity contribution in [2.45, 2.75) is 32.2 Å². The molecule has 4 nitrogen and oxygen atoms in total. The van der Waals surface area contributed by atoms with Crippen LogP contribution in [0.2, 0.25) is 0 Å². The number of hydrogen-bond acceptors (Lipinski definition) is 2. The molecule has 1 unspecified atom stereocenters. The highest BCUT2D eigenvalue weighted by atomic mass is 16.4. The Hall–Kier alpha value is -1.84. The molecule has 0 bridgehead atoms. The van der Waals surface area contributed by atoms with E-state index in [4.69, 9.17) is 5.11 Å². The van der Waals surface area contributed by atoms with Gasteiger partial charge in [0.2, 0.25) is 0 Å². The van der Waals surface area contributed by atoms with Crippen LogP contribution in [0.5, 0.6) is 0 Å². The van der Waals surface area contributed by atoms with Crippen LogP contribution in [0.25, 0.3) is 0 Å². The molecule has 0 spiro atoms. The lowest BCUT2D eigenvalue weighted by Gasteiger charge is -2.14. The average Bonchev–Trinajstić information content (AvgIpc) is 3.12. The van der Waals surface area contributed by atoms with Crippen molar-refractivity contribution in [2.75, 3.05) is 0 Å². The van der Waals surface area contributed by atoms with Crippen molar-refractivity contribution in [3.05, 3.63) is 35.4 Å². The summed E-state index contributed by atoms with van der Waals surface area (Å²) in [6.45, 7) is 1.94. The summed E-state index contributed by atoms with van der Waals surface area (Å²) in [4.78, 5) is 23.0. The number of aliphatic carboxylic acids is 1. The molecule has 0 aromatic heterocycles. The van der Waals surface area contributed by atoms with Crippen LogP contribution in [0.3, 0.4) is 0 Å².